The van der Waals surface area contributed by atoms with Crippen molar-refractivity contribution < 1.29 is 0 Å². The molecule has 0 aliphatic heterocycles. The molecule has 0 radical (unpaired) electrons. The van der Waals surface area contributed by atoms with Crippen LogP contribution in [0, 0.1) is 5.92 Å². The van der Waals surface area contributed by atoms with Crippen LogP contribution in [0.1, 0.15) is 272 Å². The first-order chi connectivity index (χ1) is 23.2. The molecule has 0 atom stereocenters. The van der Waals surface area contributed by atoms with Crippen molar-refractivity contribution in [2.45, 2.75) is 272 Å². The monoisotopic (exact) mass is 662 g/mol. The highest BCUT2D eigenvalue weighted by Gasteiger charge is 2.06. The highest BCUT2D eigenvalue weighted by molar-refractivity contribution is 4.61. The molecule has 0 rings (SSSR count). The molecule has 0 saturated carbocycles. The van der Waals surface area contributed by atoms with E-state index in [-0.39, 0.29) is 0 Å². The lowest BCUT2D eigenvalue weighted by Crippen LogP contribution is -2.27. The fourth-order valence-electron chi connectivity index (χ4n) is 7.52. The van der Waals surface area contributed by atoms with E-state index in [0.717, 1.165) is 5.92 Å². The quantitative estimate of drug-likeness (QED) is 0.0588. The van der Waals surface area contributed by atoms with E-state index in [9.17, 15) is 0 Å². The SMILES string of the molecule is CCCCCCCCCCCCCCCCCN(CCCCCCCCCCCCCCCCC)CCCCCCCCCC(C)C. The Kier molecular flexibility index (Phi) is 42.1. The molecule has 0 unspecified atom stereocenters. The minimum Gasteiger partial charge on any atom is -0.303 e. The second kappa shape index (κ2) is 42.1. The summed E-state index contributed by atoms with van der Waals surface area (Å²) < 4.78 is 0. The Balaban J connectivity index is 3.88. The van der Waals surface area contributed by atoms with Crippen LogP contribution in [0.5, 0.6) is 0 Å². The fraction of sp³-hybridized carbons (Fsp3) is 1.00. The van der Waals surface area contributed by atoms with E-state index in [1.165, 1.54) is 264 Å². The van der Waals surface area contributed by atoms with Gasteiger partial charge in [0.05, 0.1) is 0 Å². The zero-order chi connectivity index (χ0) is 34.1. The highest BCUT2D eigenvalue weighted by atomic mass is 15.1. The lowest BCUT2D eigenvalue weighted by atomic mass is 10.0. The van der Waals surface area contributed by atoms with Crippen LogP contribution < -0.4 is 0 Å². The molecule has 0 saturated heterocycles. The number of hydrogen-bond acceptors (Lipinski definition) is 1. The van der Waals surface area contributed by atoms with Gasteiger partial charge in [0.15, 0.2) is 0 Å². The molecule has 0 N–H and O–H groups in total. The Labute approximate surface area is 301 Å². The van der Waals surface area contributed by atoms with E-state index in [0.29, 0.717) is 0 Å². The van der Waals surface area contributed by atoms with Crippen LogP contribution in [0.15, 0.2) is 0 Å². The summed E-state index contributed by atoms with van der Waals surface area (Å²) in [6.45, 7) is 13.5. The third kappa shape index (κ3) is 42.0. The summed E-state index contributed by atoms with van der Waals surface area (Å²) in [5.41, 5.74) is 0. The fourth-order valence-corrected chi connectivity index (χ4v) is 7.52. The largest absolute Gasteiger partial charge is 0.303 e. The molecule has 0 aromatic heterocycles. The predicted molar refractivity (Wildman–Crippen MR) is 218 cm³/mol. The lowest BCUT2D eigenvalue weighted by molar-refractivity contribution is 0.254. The first-order valence-electron chi connectivity index (χ1n) is 22.9. The molecule has 0 aliphatic carbocycles. The van der Waals surface area contributed by atoms with Gasteiger partial charge in [-0.3, -0.25) is 0 Å². The Bertz CT molecular complexity index is 493. The second-order valence-corrected chi connectivity index (χ2v) is 16.4. The van der Waals surface area contributed by atoms with Gasteiger partial charge in [-0.25, -0.2) is 0 Å². The number of rotatable bonds is 42. The second-order valence-electron chi connectivity index (χ2n) is 16.4. The van der Waals surface area contributed by atoms with Crippen molar-refractivity contribution in [1.82, 2.24) is 4.90 Å². The van der Waals surface area contributed by atoms with E-state index in [1.807, 2.05) is 0 Å². The molecular weight excluding hydrogens is 567 g/mol. The molecule has 0 spiro atoms. The van der Waals surface area contributed by atoms with Crippen molar-refractivity contribution >= 4 is 0 Å². The summed E-state index contributed by atoms with van der Waals surface area (Å²) in [5, 5.41) is 0. The van der Waals surface area contributed by atoms with Crippen LogP contribution in [-0.4, -0.2) is 24.5 Å². The van der Waals surface area contributed by atoms with Crippen molar-refractivity contribution in [1.29, 1.82) is 0 Å². The maximum atomic E-state index is 2.87. The van der Waals surface area contributed by atoms with Gasteiger partial charge in [0.2, 0.25) is 0 Å². The molecule has 0 heterocycles. The van der Waals surface area contributed by atoms with Crippen molar-refractivity contribution in [3.05, 3.63) is 0 Å². The van der Waals surface area contributed by atoms with Crippen LogP contribution in [0.25, 0.3) is 0 Å². The zero-order valence-corrected chi connectivity index (χ0v) is 34.0. The third-order valence-corrected chi connectivity index (χ3v) is 10.9. The van der Waals surface area contributed by atoms with Crippen LogP contribution in [0.4, 0.5) is 0 Å². The molecule has 0 bridgehead atoms. The minimum atomic E-state index is 0.884. The van der Waals surface area contributed by atoms with Crippen molar-refractivity contribution in [3.8, 4) is 0 Å². The standard InChI is InChI=1S/C46H95N/c1-5-7-9-11-13-15-17-19-21-23-25-27-31-35-39-43-47(45-41-37-33-29-30-34-38-42-46(3)4)44-40-36-32-28-26-24-22-20-18-16-14-12-10-8-6-2/h46H,5-45H2,1-4H3. The summed E-state index contributed by atoms with van der Waals surface area (Å²) >= 11 is 0. The molecule has 0 aromatic rings. The van der Waals surface area contributed by atoms with E-state index in [4.69, 9.17) is 0 Å². The molecule has 1 heteroatoms. The first-order valence-corrected chi connectivity index (χ1v) is 22.9. The molecule has 284 valence electrons. The summed E-state index contributed by atoms with van der Waals surface area (Å²) in [6, 6.07) is 0. The van der Waals surface area contributed by atoms with Gasteiger partial charge >= 0.3 is 0 Å². The Morgan fingerprint density at radius 2 is 0.447 bits per heavy atom. The normalized spacial score (nSPS) is 11.9. The van der Waals surface area contributed by atoms with Crippen molar-refractivity contribution in [2.24, 2.45) is 5.92 Å². The van der Waals surface area contributed by atoms with Crippen LogP contribution >= 0.6 is 0 Å². The van der Waals surface area contributed by atoms with Crippen LogP contribution in [-0.2, 0) is 0 Å². The van der Waals surface area contributed by atoms with Gasteiger partial charge < -0.3 is 4.90 Å². The van der Waals surface area contributed by atoms with Gasteiger partial charge in [-0.2, -0.15) is 0 Å². The Morgan fingerprint density at radius 1 is 0.255 bits per heavy atom. The van der Waals surface area contributed by atoms with E-state index in [1.54, 1.807) is 0 Å². The Hall–Kier alpha value is -0.0400. The number of unbranched alkanes of at least 4 members (excludes halogenated alkanes) is 34. The molecule has 0 fully saturated rings. The molecule has 0 aliphatic rings. The van der Waals surface area contributed by atoms with Gasteiger partial charge in [-0.05, 0) is 44.8 Å². The summed E-state index contributed by atoms with van der Waals surface area (Å²) in [4.78, 5) is 2.87. The van der Waals surface area contributed by atoms with E-state index < -0.39 is 0 Å². The van der Waals surface area contributed by atoms with Crippen molar-refractivity contribution in [3.63, 3.8) is 0 Å². The third-order valence-electron chi connectivity index (χ3n) is 10.9. The Morgan fingerprint density at radius 3 is 0.660 bits per heavy atom. The summed E-state index contributed by atoms with van der Waals surface area (Å²) in [6.07, 6.45) is 55.6. The van der Waals surface area contributed by atoms with Gasteiger partial charge in [0.25, 0.3) is 0 Å². The van der Waals surface area contributed by atoms with E-state index >= 15 is 0 Å². The molecule has 0 aromatic carbocycles. The molecular formula is C46H95N. The number of hydrogen-bond donors (Lipinski definition) is 0. The molecule has 0 amide bonds. The zero-order valence-electron chi connectivity index (χ0n) is 34.0. The average molecular weight is 662 g/mol. The molecule has 1 nitrogen and oxygen atoms in total. The molecule has 47 heavy (non-hydrogen) atoms. The van der Waals surface area contributed by atoms with Gasteiger partial charge in [-0.15, -0.1) is 0 Å². The number of nitrogens with zero attached hydrogens (tertiary/aromatic N) is 1. The maximum Gasteiger partial charge on any atom is -0.00187 e. The van der Waals surface area contributed by atoms with E-state index in [2.05, 4.69) is 32.6 Å². The lowest BCUT2D eigenvalue weighted by Gasteiger charge is -2.22. The minimum absolute atomic E-state index is 0.884. The smallest absolute Gasteiger partial charge is 0.00187 e. The van der Waals surface area contributed by atoms with Crippen molar-refractivity contribution in [2.75, 3.05) is 19.6 Å². The van der Waals surface area contributed by atoms with Gasteiger partial charge in [0, 0.05) is 0 Å². The van der Waals surface area contributed by atoms with Crippen LogP contribution in [0.2, 0.25) is 0 Å². The predicted octanol–water partition coefficient (Wildman–Crippen LogP) is 16.8. The maximum absolute atomic E-state index is 2.87. The summed E-state index contributed by atoms with van der Waals surface area (Å²) in [7, 11) is 0. The average Bonchev–Trinajstić information content (AvgIpc) is 3.06. The first kappa shape index (κ1) is 47.0. The summed E-state index contributed by atoms with van der Waals surface area (Å²) in [5.74, 6) is 0.884. The van der Waals surface area contributed by atoms with Gasteiger partial charge in [-0.1, -0.05) is 252 Å². The van der Waals surface area contributed by atoms with Crippen LogP contribution in [0.3, 0.4) is 0 Å². The highest BCUT2D eigenvalue weighted by Crippen LogP contribution is 2.17. The van der Waals surface area contributed by atoms with Gasteiger partial charge in [0.1, 0.15) is 0 Å². The topological polar surface area (TPSA) is 3.24 Å².